The van der Waals surface area contributed by atoms with E-state index < -0.39 is 5.60 Å². The Morgan fingerprint density at radius 3 is 2.20 bits per heavy atom. The Morgan fingerprint density at radius 1 is 1.04 bits per heavy atom. The zero-order valence-corrected chi connectivity index (χ0v) is 15.5. The molecule has 2 fully saturated rings. The van der Waals surface area contributed by atoms with Gasteiger partial charge in [-0.05, 0) is 46.5 Å². The van der Waals surface area contributed by atoms with E-state index in [0.29, 0.717) is 25.9 Å². The van der Waals surface area contributed by atoms with Gasteiger partial charge in [0.25, 0.3) is 5.91 Å². The van der Waals surface area contributed by atoms with E-state index in [4.69, 9.17) is 9.47 Å². The summed E-state index contributed by atoms with van der Waals surface area (Å²) in [5, 5.41) is 2.90. The molecule has 1 saturated carbocycles. The second-order valence-electron chi connectivity index (χ2n) is 7.90. The molecule has 1 aliphatic heterocycles. The molecule has 0 aromatic rings. The molecule has 0 bridgehead atoms. The highest BCUT2D eigenvalue weighted by Crippen LogP contribution is 2.21. The summed E-state index contributed by atoms with van der Waals surface area (Å²) in [4.78, 5) is 37.5. The van der Waals surface area contributed by atoms with E-state index in [9.17, 15) is 14.4 Å². The monoisotopic (exact) mass is 354 g/mol. The van der Waals surface area contributed by atoms with E-state index in [-0.39, 0.29) is 36.5 Å². The third-order valence-corrected chi connectivity index (χ3v) is 4.55. The Kier molecular flexibility index (Phi) is 6.67. The molecule has 25 heavy (non-hydrogen) atoms. The molecule has 1 N–H and O–H groups in total. The number of likely N-dealkylation sites (tertiary alicyclic amines) is 1. The van der Waals surface area contributed by atoms with E-state index in [1.807, 2.05) is 20.8 Å². The lowest BCUT2D eigenvalue weighted by atomic mass is 9.97. The van der Waals surface area contributed by atoms with Gasteiger partial charge in [0.1, 0.15) is 5.60 Å². The molecule has 1 aliphatic carbocycles. The highest BCUT2D eigenvalue weighted by molar-refractivity contribution is 5.81. The normalized spacial score (nSPS) is 19.6. The van der Waals surface area contributed by atoms with E-state index in [1.165, 1.54) is 0 Å². The Hall–Kier alpha value is -1.79. The fraction of sp³-hybridized carbons (Fsp3) is 0.833. The molecule has 2 rings (SSSR count). The second kappa shape index (κ2) is 8.54. The van der Waals surface area contributed by atoms with Gasteiger partial charge in [-0.3, -0.25) is 9.59 Å². The summed E-state index contributed by atoms with van der Waals surface area (Å²) in [6.07, 6.45) is 4.99. The molecule has 7 nitrogen and oxygen atoms in total. The van der Waals surface area contributed by atoms with Crippen molar-refractivity contribution in [3.63, 3.8) is 0 Å². The number of hydrogen-bond acceptors (Lipinski definition) is 5. The highest BCUT2D eigenvalue weighted by Gasteiger charge is 2.31. The lowest BCUT2D eigenvalue weighted by Gasteiger charge is -2.32. The number of nitrogens with zero attached hydrogens (tertiary/aromatic N) is 1. The van der Waals surface area contributed by atoms with E-state index in [1.54, 1.807) is 4.90 Å². The summed E-state index contributed by atoms with van der Waals surface area (Å²) in [6.45, 7) is 6.18. The van der Waals surface area contributed by atoms with Crippen molar-refractivity contribution in [3.05, 3.63) is 0 Å². The number of ether oxygens (including phenoxy) is 2. The lowest BCUT2D eigenvalue weighted by Crippen LogP contribution is -2.43. The average Bonchev–Trinajstić information content (AvgIpc) is 3.04. The van der Waals surface area contributed by atoms with E-state index in [2.05, 4.69) is 5.32 Å². The number of hydrogen-bond donors (Lipinski definition) is 1. The van der Waals surface area contributed by atoms with E-state index >= 15 is 0 Å². The molecule has 0 atom stereocenters. The molecule has 0 aromatic heterocycles. The number of nitrogens with one attached hydrogen (secondary N) is 1. The lowest BCUT2D eigenvalue weighted by molar-refractivity contribution is -0.154. The van der Waals surface area contributed by atoms with Gasteiger partial charge >= 0.3 is 12.1 Å². The summed E-state index contributed by atoms with van der Waals surface area (Å²) < 4.78 is 10.5. The van der Waals surface area contributed by atoms with Gasteiger partial charge in [-0.1, -0.05) is 12.8 Å². The first-order valence-corrected chi connectivity index (χ1v) is 9.18. The maximum Gasteiger partial charge on any atom is 0.410 e. The van der Waals surface area contributed by atoms with Gasteiger partial charge in [-0.15, -0.1) is 0 Å². The predicted octanol–water partition coefficient (Wildman–Crippen LogP) is 2.24. The Bertz CT molecular complexity index is 486. The minimum absolute atomic E-state index is 0.221. The van der Waals surface area contributed by atoms with Crippen LogP contribution in [0.4, 0.5) is 4.79 Å². The van der Waals surface area contributed by atoms with Gasteiger partial charge in [-0.2, -0.15) is 0 Å². The number of piperidine rings is 1. The first-order valence-electron chi connectivity index (χ1n) is 9.18. The third kappa shape index (κ3) is 6.55. The van der Waals surface area contributed by atoms with Crippen molar-refractivity contribution in [2.75, 3.05) is 19.7 Å². The highest BCUT2D eigenvalue weighted by atomic mass is 16.6. The van der Waals surface area contributed by atoms with Gasteiger partial charge in [-0.25, -0.2) is 4.79 Å². The van der Waals surface area contributed by atoms with Crippen LogP contribution >= 0.6 is 0 Å². The quantitative estimate of drug-likeness (QED) is 0.783. The first kappa shape index (κ1) is 19.5. The van der Waals surface area contributed by atoms with Crippen LogP contribution in [0, 0.1) is 5.92 Å². The van der Waals surface area contributed by atoms with Crippen LogP contribution in [-0.2, 0) is 19.1 Å². The van der Waals surface area contributed by atoms with Crippen LogP contribution < -0.4 is 5.32 Å². The minimum Gasteiger partial charge on any atom is -0.455 e. The second-order valence-corrected chi connectivity index (χ2v) is 7.90. The van der Waals surface area contributed by atoms with Gasteiger partial charge in [0.05, 0.1) is 5.92 Å². The van der Waals surface area contributed by atoms with Crippen molar-refractivity contribution in [1.29, 1.82) is 0 Å². The minimum atomic E-state index is -0.528. The molecule has 1 saturated heterocycles. The van der Waals surface area contributed by atoms with E-state index in [0.717, 1.165) is 25.7 Å². The molecular formula is C18H30N2O5. The van der Waals surface area contributed by atoms with Gasteiger partial charge < -0.3 is 19.7 Å². The maximum atomic E-state index is 12.1. The van der Waals surface area contributed by atoms with Crippen molar-refractivity contribution < 1.29 is 23.9 Å². The van der Waals surface area contributed by atoms with Crippen molar-refractivity contribution in [2.24, 2.45) is 5.92 Å². The number of amides is 2. The molecule has 142 valence electrons. The van der Waals surface area contributed by atoms with Crippen LogP contribution in [0.3, 0.4) is 0 Å². The number of esters is 1. The summed E-state index contributed by atoms with van der Waals surface area (Å²) in [5.41, 5.74) is -0.528. The van der Waals surface area contributed by atoms with Crippen LogP contribution in [-0.4, -0.2) is 54.2 Å². The van der Waals surface area contributed by atoms with Gasteiger partial charge in [0.2, 0.25) is 0 Å². The standard InChI is InChI=1S/C18H30N2O5/c1-18(2,3)25-17(23)20-10-8-13(9-11-20)16(22)24-12-15(21)19-14-6-4-5-7-14/h13-14H,4-12H2,1-3H3,(H,19,21). The molecule has 0 unspecified atom stereocenters. The van der Waals surface area contributed by atoms with Crippen molar-refractivity contribution in [2.45, 2.75) is 70.9 Å². The SMILES string of the molecule is CC(C)(C)OC(=O)N1CCC(C(=O)OCC(=O)NC2CCCC2)CC1. The van der Waals surface area contributed by atoms with Crippen LogP contribution in [0.5, 0.6) is 0 Å². The Labute approximate surface area is 149 Å². The Balaban J connectivity index is 1.66. The number of carbonyl (C=O) groups is 3. The van der Waals surface area contributed by atoms with Crippen LogP contribution in [0.2, 0.25) is 0 Å². The van der Waals surface area contributed by atoms with Crippen LogP contribution in [0.15, 0.2) is 0 Å². The Morgan fingerprint density at radius 2 is 1.64 bits per heavy atom. The van der Waals surface area contributed by atoms with Crippen molar-refractivity contribution >= 4 is 18.0 Å². The number of carbonyl (C=O) groups excluding carboxylic acids is 3. The molecule has 7 heteroatoms. The molecular weight excluding hydrogens is 324 g/mol. The topological polar surface area (TPSA) is 84.9 Å². The van der Waals surface area contributed by atoms with Crippen molar-refractivity contribution in [3.8, 4) is 0 Å². The third-order valence-electron chi connectivity index (χ3n) is 4.55. The fourth-order valence-electron chi connectivity index (χ4n) is 3.22. The zero-order chi connectivity index (χ0) is 18.4. The molecule has 0 spiro atoms. The fourth-order valence-corrected chi connectivity index (χ4v) is 3.22. The molecule has 2 aliphatic rings. The van der Waals surface area contributed by atoms with Gasteiger partial charge in [0.15, 0.2) is 6.61 Å². The largest absolute Gasteiger partial charge is 0.455 e. The number of rotatable bonds is 4. The molecule has 0 radical (unpaired) electrons. The van der Waals surface area contributed by atoms with Crippen LogP contribution in [0.25, 0.3) is 0 Å². The predicted molar refractivity (Wildman–Crippen MR) is 91.9 cm³/mol. The smallest absolute Gasteiger partial charge is 0.410 e. The van der Waals surface area contributed by atoms with Crippen molar-refractivity contribution in [1.82, 2.24) is 10.2 Å². The average molecular weight is 354 g/mol. The summed E-state index contributed by atoms with van der Waals surface area (Å²) in [5.74, 6) is -0.852. The van der Waals surface area contributed by atoms with Gasteiger partial charge in [0, 0.05) is 19.1 Å². The molecule has 2 amide bonds. The molecule has 0 aromatic carbocycles. The molecule has 1 heterocycles. The zero-order valence-electron chi connectivity index (χ0n) is 15.5. The first-order chi connectivity index (χ1) is 11.7. The van der Waals surface area contributed by atoms with Crippen LogP contribution in [0.1, 0.15) is 59.3 Å². The summed E-state index contributed by atoms with van der Waals surface area (Å²) in [6, 6.07) is 0.225. The summed E-state index contributed by atoms with van der Waals surface area (Å²) in [7, 11) is 0. The maximum absolute atomic E-state index is 12.1. The summed E-state index contributed by atoms with van der Waals surface area (Å²) >= 11 is 0.